The van der Waals surface area contributed by atoms with Crippen LogP contribution in [0.2, 0.25) is 0 Å². The molecule has 0 radical (unpaired) electrons. The quantitative estimate of drug-likeness (QED) is 0.768. The van der Waals surface area contributed by atoms with E-state index in [1.807, 2.05) is 35.7 Å². The van der Waals surface area contributed by atoms with E-state index < -0.39 is 0 Å². The molecule has 3 rings (SSSR count). The van der Waals surface area contributed by atoms with Gasteiger partial charge in [0, 0.05) is 17.5 Å². The minimum absolute atomic E-state index is 0.0478. The molecule has 0 fully saturated rings. The van der Waals surface area contributed by atoms with Gasteiger partial charge in [-0.05, 0) is 29.6 Å². The fourth-order valence-corrected chi connectivity index (χ4v) is 3.64. The average molecular weight is 331 g/mol. The van der Waals surface area contributed by atoms with Gasteiger partial charge in [-0.1, -0.05) is 17.4 Å². The lowest BCUT2D eigenvalue weighted by molar-refractivity contribution is -0.115. The number of thiazole rings is 1. The first-order valence-corrected chi connectivity index (χ1v) is 8.30. The number of nitrogens with one attached hydrogen (secondary N) is 2. The molecule has 0 aliphatic carbocycles. The Morgan fingerprint density at radius 1 is 1.23 bits per heavy atom. The Hall–Kier alpha value is -2.25. The van der Waals surface area contributed by atoms with Gasteiger partial charge < -0.3 is 10.6 Å². The third-order valence-corrected chi connectivity index (χ3v) is 4.68. The second-order valence-corrected chi connectivity index (χ2v) is 6.75. The van der Waals surface area contributed by atoms with E-state index in [9.17, 15) is 9.59 Å². The maximum Gasteiger partial charge on any atom is 0.229 e. The first-order valence-electron chi connectivity index (χ1n) is 6.60. The van der Waals surface area contributed by atoms with Gasteiger partial charge in [0.25, 0.3) is 0 Å². The molecule has 0 unspecified atom stereocenters. The van der Waals surface area contributed by atoms with Crippen LogP contribution < -0.4 is 10.6 Å². The van der Waals surface area contributed by atoms with Crippen LogP contribution in [0.4, 0.5) is 10.8 Å². The summed E-state index contributed by atoms with van der Waals surface area (Å²) in [4.78, 5) is 28.4. The molecule has 1 aromatic carbocycles. The third-order valence-electron chi connectivity index (χ3n) is 2.87. The Morgan fingerprint density at radius 2 is 2.09 bits per heavy atom. The number of anilines is 2. The lowest BCUT2D eigenvalue weighted by Crippen LogP contribution is -2.13. The lowest BCUT2D eigenvalue weighted by atomic mass is 10.2. The number of rotatable bonds is 4. The van der Waals surface area contributed by atoms with Crippen molar-refractivity contribution in [3.8, 4) is 0 Å². The van der Waals surface area contributed by atoms with Crippen molar-refractivity contribution < 1.29 is 9.59 Å². The lowest BCUT2D eigenvalue weighted by Gasteiger charge is -2.03. The average Bonchev–Trinajstić information content (AvgIpc) is 3.06. The number of hydrogen-bond donors (Lipinski definition) is 2. The standard InChI is InChI=1S/C15H13N3O2S2/c1-9(19)16-15-18-12-5-4-10(7-13(12)22-15)17-14(20)8-11-3-2-6-21-11/h2-7H,8H2,1H3,(H,17,20)(H,16,18,19). The molecule has 0 saturated carbocycles. The van der Waals surface area contributed by atoms with Crippen molar-refractivity contribution in [3.63, 3.8) is 0 Å². The van der Waals surface area contributed by atoms with Gasteiger partial charge >= 0.3 is 0 Å². The zero-order valence-electron chi connectivity index (χ0n) is 11.8. The smallest absolute Gasteiger partial charge is 0.229 e. The van der Waals surface area contributed by atoms with Crippen LogP contribution in [0.3, 0.4) is 0 Å². The Bertz CT molecular complexity index is 825. The van der Waals surface area contributed by atoms with Gasteiger partial charge in [0.15, 0.2) is 5.13 Å². The van der Waals surface area contributed by atoms with Crippen LogP contribution in [0.5, 0.6) is 0 Å². The van der Waals surface area contributed by atoms with Gasteiger partial charge in [-0.3, -0.25) is 9.59 Å². The second-order valence-electron chi connectivity index (χ2n) is 4.69. The molecule has 5 nitrogen and oxygen atoms in total. The van der Waals surface area contributed by atoms with E-state index in [-0.39, 0.29) is 11.8 Å². The SMILES string of the molecule is CC(=O)Nc1nc2ccc(NC(=O)Cc3cccs3)cc2s1. The minimum atomic E-state index is -0.150. The molecule has 112 valence electrons. The highest BCUT2D eigenvalue weighted by Crippen LogP contribution is 2.28. The molecule has 2 amide bonds. The molecule has 0 spiro atoms. The maximum atomic E-state index is 12.0. The minimum Gasteiger partial charge on any atom is -0.326 e. The topological polar surface area (TPSA) is 71.1 Å². The number of fused-ring (bicyclic) bond motifs is 1. The van der Waals surface area contributed by atoms with Crippen LogP contribution in [-0.4, -0.2) is 16.8 Å². The highest BCUT2D eigenvalue weighted by Gasteiger charge is 2.08. The summed E-state index contributed by atoms with van der Waals surface area (Å²) in [6.45, 7) is 1.45. The highest BCUT2D eigenvalue weighted by atomic mass is 32.1. The summed E-state index contributed by atoms with van der Waals surface area (Å²) in [5.74, 6) is -0.197. The van der Waals surface area contributed by atoms with E-state index in [4.69, 9.17) is 0 Å². The molecule has 3 aromatic rings. The van der Waals surface area contributed by atoms with Crippen molar-refractivity contribution in [2.45, 2.75) is 13.3 Å². The van der Waals surface area contributed by atoms with Crippen molar-refractivity contribution >= 4 is 55.5 Å². The number of nitrogens with zero attached hydrogens (tertiary/aromatic N) is 1. The fourth-order valence-electron chi connectivity index (χ4n) is 1.98. The van der Waals surface area contributed by atoms with Crippen LogP contribution in [0.1, 0.15) is 11.8 Å². The molecular formula is C15H13N3O2S2. The normalized spacial score (nSPS) is 10.6. The summed E-state index contributed by atoms with van der Waals surface area (Å²) in [7, 11) is 0. The molecule has 2 heterocycles. The molecule has 22 heavy (non-hydrogen) atoms. The zero-order valence-corrected chi connectivity index (χ0v) is 13.4. The molecule has 0 atom stereocenters. The molecule has 2 N–H and O–H groups in total. The summed E-state index contributed by atoms with van der Waals surface area (Å²) < 4.78 is 0.915. The van der Waals surface area contributed by atoms with Crippen LogP contribution in [0, 0.1) is 0 Å². The zero-order chi connectivity index (χ0) is 15.5. The Kier molecular flexibility index (Phi) is 4.17. The van der Waals surface area contributed by atoms with Crippen molar-refractivity contribution in [1.29, 1.82) is 0 Å². The predicted molar refractivity (Wildman–Crippen MR) is 90.6 cm³/mol. The first-order chi connectivity index (χ1) is 10.6. The third kappa shape index (κ3) is 3.49. The van der Waals surface area contributed by atoms with E-state index in [1.54, 1.807) is 11.3 Å². The molecule has 7 heteroatoms. The second kappa shape index (κ2) is 6.25. The van der Waals surface area contributed by atoms with Gasteiger partial charge in [0.1, 0.15) is 0 Å². The van der Waals surface area contributed by atoms with E-state index in [2.05, 4.69) is 15.6 Å². The molecule has 0 aliphatic rings. The van der Waals surface area contributed by atoms with Crippen molar-refractivity contribution in [2.75, 3.05) is 10.6 Å². The van der Waals surface area contributed by atoms with Crippen LogP contribution in [0.25, 0.3) is 10.2 Å². The van der Waals surface area contributed by atoms with Gasteiger partial charge in [0.05, 0.1) is 16.6 Å². The number of hydrogen-bond acceptors (Lipinski definition) is 5. The van der Waals surface area contributed by atoms with E-state index in [0.717, 1.165) is 20.8 Å². The van der Waals surface area contributed by atoms with Gasteiger partial charge in [-0.2, -0.15) is 0 Å². The maximum absolute atomic E-state index is 12.0. The monoisotopic (exact) mass is 331 g/mol. The summed E-state index contributed by atoms with van der Waals surface area (Å²) in [5, 5.41) is 8.06. The van der Waals surface area contributed by atoms with Gasteiger partial charge in [-0.15, -0.1) is 11.3 Å². The van der Waals surface area contributed by atoms with Gasteiger partial charge in [-0.25, -0.2) is 4.98 Å². The summed E-state index contributed by atoms with van der Waals surface area (Å²) in [5.41, 5.74) is 1.53. The summed E-state index contributed by atoms with van der Waals surface area (Å²) in [6, 6.07) is 9.38. The number of carbonyl (C=O) groups excluding carboxylic acids is 2. The molecule has 2 aromatic heterocycles. The van der Waals surface area contributed by atoms with Crippen molar-refractivity contribution in [2.24, 2.45) is 0 Å². The van der Waals surface area contributed by atoms with Crippen LogP contribution >= 0.6 is 22.7 Å². The largest absolute Gasteiger partial charge is 0.326 e. The number of carbonyl (C=O) groups is 2. The number of benzene rings is 1. The van der Waals surface area contributed by atoms with Crippen molar-refractivity contribution in [3.05, 3.63) is 40.6 Å². The van der Waals surface area contributed by atoms with E-state index in [1.165, 1.54) is 18.3 Å². The van der Waals surface area contributed by atoms with Crippen LogP contribution in [-0.2, 0) is 16.0 Å². The number of thiophene rings is 1. The summed E-state index contributed by atoms with van der Waals surface area (Å²) in [6.07, 6.45) is 0.371. The fraction of sp³-hybridized carbons (Fsp3) is 0.133. The number of aromatic nitrogens is 1. The van der Waals surface area contributed by atoms with Crippen molar-refractivity contribution in [1.82, 2.24) is 4.98 Å². The molecule has 0 aliphatic heterocycles. The molecule has 0 bridgehead atoms. The Balaban J connectivity index is 1.73. The first kappa shape index (κ1) is 14.7. The van der Waals surface area contributed by atoms with Crippen LogP contribution in [0.15, 0.2) is 35.7 Å². The highest BCUT2D eigenvalue weighted by molar-refractivity contribution is 7.22. The summed E-state index contributed by atoms with van der Waals surface area (Å²) >= 11 is 2.94. The Labute approximate surface area is 135 Å². The van der Waals surface area contributed by atoms with E-state index in [0.29, 0.717) is 11.6 Å². The molecule has 0 saturated heterocycles. The van der Waals surface area contributed by atoms with E-state index >= 15 is 0 Å². The molecular weight excluding hydrogens is 318 g/mol. The Morgan fingerprint density at radius 3 is 2.82 bits per heavy atom. The van der Waals surface area contributed by atoms with Gasteiger partial charge in [0.2, 0.25) is 11.8 Å². The predicted octanol–water partition coefficient (Wildman–Crippen LogP) is 3.50. The number of amides is 2.